The maximum absolute atomic E-state index is 13.4. The number of aliphatic hydroxyl groups is 2. The number of aromatic nitrogens is 4. The van der Waals surface area contributed by atoms with Crippen LogP contribution in [0.1, 0.15) is 6.42 Å². The Bertz CT molecular complexity index is 742. The van der Waals surface area contributed by atoms with Gasteiger partial charge in [-0.25, -0.2) is 4.98 Å². The number of rotatable bonds is 2. The third-order valence-corrected chi connectivity index (χ3v) is 3.45. The van der Waals surface area contributed by atoms with E-state index in [9.17, 15) is 14.6 Å². The molecular weight excluding hydrogens is 281 g/mol. The number of anilines is 1. The van der Waals surface area contributed by atoms with Crippen molar-refractivity contribution < 1.29 is 19.3 Å². The van der Waals surface area contributed by atoms with Gasteiger partial charge >= 0.3 is 6.08 Å². The molecule has 1 aliphatic heterocycles. The highest BCUT2D eigenvalue weighted by molar-refractivity contribution is 5.81. The fraction of sp³-hybridized carbons (Fsp3) is 0.417. The molecule has 0 radical (unpaired) electrons. The summed E-state index contributed by atoms with van der Waals surface area (Å²) in [5, 5.41) is 19.1. The number of hydrogen-bond acceptors (Lipinski definition) is 7. The standard InChI is InChI=1S/C12H12FN5O3/c1-2-12(3-6(20)7(4-19)21-12)18-5-15-8-9(14)16-11(13)17-10(8)18/h1,5-7,19-20H,3-4H2,(H2,14,16,17)/t6-,7+,12+/m0/s1. The summed E-state index contributed by atoms with van der Waals surface area (Å²) in [4.78, 5) is 11.0. The van der Waals surface area contributed by atoms with Crippen LogP contribution in [0.4, 0.5) is 10.2 Å². The molecule has 0 saturated carbocycles. The van der Waals surface area contributed by atoms with Crippen LogP contribution < -0.4 is 5.73 Å². The molecule has 1 saturated heterocycles. The molecule has 1 aliphatic rings. The summed E-state index contributed by atoms with van der Waals surface area (Å²) in [7, 11) is 0. The molecule has 1 fully saturated rings. The van der Waals surface area contributed by atoms with Crippen molar-refractivity contribution in [2.75, 3.05) is 12.3 Å². The van der Waals surface area contributed by atoms with E-state index in [4.69, 9.17) is 16.9 Å². The highest BCUT2D eigenvalue weighted by Crippen LogP contribution is 2.36. The van der Waals surface area contributed by atoms with E-state index >= 15 is 0 Å². The van der Waals surface area contributed by atoms with Gasteiger partial charge in [-0.05, 0) is 5.92 Å². The number of halogens is 1. The first-order chi connectivity index (χ1) is 10.0. The van der Waals surface area contributed by atoms with E-state index in [-0.39, 0.29) is 23.4 Å². The van der Waals surface area contributed by atoms with Gasteiger partial charge < -0.3 is 20.7 Å². The number of nitrogens with two attached hydrogens (primary N) is 1. The minimum atomic E-state index is -1.42. The van der Waals surface area contributed by atoms with E-state index in [0.717, 1.165) is 0 Å². The molecule has 0 amide bonds. The molecular formula is C12H12FN5O3. The van der Waals surface area contributed by atoms with Crippen LogP contribution in [0.2, 0.25) is 0 Å². The molecule has 4 N–H and O–H groups in total. The Kier molecular flexibility index (Phi) is 3.02. The molecule has 21 heavy (non-hydrogen) atoms. The molecule has 3 heterocycles. The number of nitrogens with zero attached hydrogens (tertiary/aromatic N) is 4. The second kappa shape index (κ2) is 4.63. The molecule has 9 heteroatoms. The van der Waals surface area contributed by atoms with E-state index in [1.807, 2.05) is 0 Å². The van der Waals surface area contributed by atoms with E-state index in [1.165, 1.54) is 10.9 Å². The average Bonchev–Trinajstić information content (AvgIpc) is 3.00. The summed E-state index contributed by atoms with van der Waals surface area (Å²) in [6.45, 7) is -0.400. The molecule has 0 spiro atoms. The fourth-order valence-corrected chi connectivity index (χ4v) is 2.43. The Morgan fingerprint density at radius 3 is 3.00 bits per heavy atom. The van der Waals surface area contributed by atoms with Crippen LogP contribution in [0.5, 0.6) is 0 Å². The first-order valence-electron chi connectivity index (χ1n) is 6.12. The van der Waals surface area contributed by atoms with Crippen LogP contribution in [0.3, 0.4) is 0 Å². The van der Waals surface area contributed by atoms with Crippen molar-refractivity contribution in [3.05, 3.63) is 12.4 Å². The molecule has 0 aromatic carbocycles. The summed E-state index contributed by atoms with van der Waals surface area (Å²) < 4.78 is 20.2. The number of aliphatic hydroxyl groups excluding tert-OH is 2. The quantitative estimate of drug-likeness (QED) is 0.478. The van der Waals surface area contributed by atoms with Crippen LogP contribution in [-0.2, 0) is 10.5 Å². The lowest BCUT2D eigenvalue weighted by molar-refractivity contribution is -0.0799. The minimum Gasteiger partial charge on any atom is -0.394 e. The van der Waals surface area contributed by atoms with E-state index in [2.05, 4.69) is 20.9 Å². The highest BCUT2D eigenvalue weighted by atomic mass is 19.1. The van der Waals surface area contributed by atoms with Crippen LogP contribution in [0, 0.1) is 18.4 Å². The maximum Gasteiger partial charge on any atom is 0.312 e. The molecule has 8 nitrogen and oxygen atoms in total. The zero-order valence-electron chi connectivity index (χ0n) is 10.8. The van der Waals surface area contributed by atoms with Gasteiger partial charge in [0.1, 0.15) is 12.4 Å². The lowest BCUT2D eigenvalue weighted by Crippen LogP contribution is -2.32. The zero-order valence-corrected chi connectivity index (χ0v) is 10.8. The second-order valence-corrected chi connectivity index (χ2v) is 4.70. The van der Waals surface area contributed by atoms with E-state index in [0.29, 0.717) is 0 Å². The van der Waals surface area contributed by atoms with E-state index in [1.54, 1.807) is 0 Å². The zero-order chi connectivity index (χ0) is 15.2. The van der Waals surface area contributed by atoms with Gasteiger partial charge in [-0.1, -0.05) is 0 Å². The summed E-state index contributed by atoms with van der Waals surface area (Å²) in [6, 6.07) is 0. The highest BCUT2D eigenvalue weighted by Gasteiger charge is 2.47. The largest absolute Gasteiger partial charge is 0.394 e. The van der Waals surface area contributed by atoms with Crippen molar-refractivity contribution in [2.24, 2.45) is 0 Å². The molecule has 3 atom stereocenters. The monoisotopic (exact) mass is 293 g/mol. The second-order valence-electron chi connectivity index (χ2n) is 4.70. The SMILES string of the molecule is C#C[C@]1(n2cnc3c(N)nc(F)nc32)C[C@H](O)[C@@H](CO)O1. The third-order valence-electron chi connectivity index (χ3n) is 3.45. The Morgan fingerprint density at radius 2 is 2.38 bits per heavy atom. The van der Waals surface area contributed by atoms with Crippen LogP contribution in [0.15, 0.2) is 6.33 Å². The molecule has 3 rings (SSSR count). The number of nitrogen functional groups attached to an aromatic ring is 1. The summed E-state index contributed by atoms with van der Waals surface area (Å²) in [6.07, 6.45) is 3.99. The Morgan fingerprint density at radius 1 is 1.62 bits per heavy atom. The van der Waals surface area contributed by atoms with E-state index < -0.39 is 30.6 Å². The van der Waals surface area contributed by atoms with Gasteiger partial charge in [0, 0.05) is 6.42 Å². The van der Waals surface area contributed by atoms with Gasteiger partial charge in [0.25, 0.3) is 0 Å². The Balaban J connectivity index is 2.18. The van der Waals surface area contributed by atoms with Gasteiger partial charge in [0.15, 0.2) is 17.0 Å². The predicted octanol–water partition coefficient (Wildman–Crippen LogP) is -1.02. The third kappa shape index (κ3) is 1.92. The number of fused-ring (bicyclic) bond motifs is 1. The van der Waals surface area contributed by atoms with Crippen molar-refractivity contribution in [1.82, 2.24) is 19.5 Å². The van der Waals surface area contributed by atoms with Crippen molar-refractivity contribution >= 4 is 17.0 Å². The number of imidazole rings is 1. The number of hydrogen-bond donors (Lipinski definition) is 3. The van der Waals surface area contributed by atoms with Crippen molar-refractivity contribution in [2.45, 2.75) is 24.4 Å². The summed E-state index contributed by atoms with van der Waals surface area (Å²) in [5.41, 5.74) is 4.40. The molecule has 0 bridgehead atoms. The van der Waals surface area contributed by atoms with Crippen LogP contribution in [-0.4, -0.2) is 48.5 Å². The van der Waals surface area contributed by atoms with Crippen molar-refractivity contribution in [3.8, 4) is 12.3 Å². The first kappa shape index (κ1) is 13.7. The molecule has 2 aromatic rings. The van der Waals surface area contributed by atoms with Crippen LogP contribution in [0.25, 0.3) is 11.2 Å². The topological polar surface area (TPSA) is 119 Å². The molecule has 2 aromatic heterocycles. The van der Waals surface area contributed by atoms with Gasteiger partial charge in [0.05, 0.1) is 12.7 Å². The lowest BCUT2D eigenvalue weighted by atomic mass is 10.1. The fourth-order valence-electron chi connectivity index (χ4n) is 2.43. The minimum absolute atomic E-state index is 0.00567. The van der Waals surface area contributed by atoms with Crippen LogP contribution >= 0.6 is 0 Å². The van der Waals surface area contributed by atoms with Crippen molar-refractivity contribution in [3.63, 3.8) is 0 Å². The van der Waals surface area contributed by atoms with Crippen molar-refractivity contribution in [1.29, 1.82) is 0 Å². The normalized spacial score (nSPS) is 28.9. The predicted molar refractivity (Wildman–Crippen MR) is 69.1 cm³/mol. The Labute approximate surface area is 118 Å². The first-order valence-corrected chi connectivity index (χ1v) is 6.12. The van der Waals surface area contributed by atoms with Gasteiger partial charge in [-0.3, -0.25) is 4.57 Å². The molecule has 0 aliphatic carbocycles. The maximum atomic E-state index is 13.4. The average molecular weight is 293 g/mol. The smallest absolute Gasteiger partial charge is 0.312 e. The lowest BCUT2D eigenvalue weighted by Gasteiger charge is -2.24. The number of terminal acetylenes is 1. The summed E-state index contributed by atoms with van der Waals surface area (Å²) >= 11 is 0. The molecule has 110 valence electrons. The molecule has 0 unspecified atom stereocenters. The number of ether oxygens (including phenoxy) is 1. The Hall–Kier alpha value is -2.28. The summed E-state index contributed by atoms with van der Waals surface area (Å²) in [5.74, 6) is 2.29. The van der Waals surface area contributed by atoms with Gasteiger partial charge in [-0.15, -0.1) is 6.42 Å². The van der Waals surface area contributed by atoms with Gasteiger partial charge in [-0.2, -0.15) is 14.4 Å². The van der Waals surface area contributed by atoms with Gasteiger partial charge in [0.2, 0.25) is 5.72 Å².